The minimum atomic E-state index is -3.40. The molecule has 31 heavy (non-hydrogen) atoms. The zero-order valence-electron chi connectivity index (χ0n) is 18.3. The first kappa shape index (κ1) is 24.6. The molecule has 9 heteroatoms. The number of hydrogen-bond acceptors (Lipinski definition) is 5. The van der Waals surface area contributed by atoms with E-state index in [-0.39, 0.29) is 18.8 Å². The highest BCUT2D eigenvalue weighted by atomic mass is 32.2. The summed E-state index contributed by atoms with van der Waals surface area (Å²) in [6.07, 6.45) is 0. The van der Waals surface area contributed by atoms with Crippen LogP contribution >= 0.6 is 0 Å². The highest BCUT2D eigenvalue weighted by molar-refractivity contribution is 7.89. The Morgan fingerprint density at radius 1 is 1.03 bits per heavy atom. The maximum Gasteiger partial charge on any atom is 0.213 e. The molecule has 170 valence electrons. The quantitative estimate of drug-likeness (QED) is 0.260. The second-order valence-electron chi connectivity index (χ2n) is 6.93. The number of sulfonamides is 1. The Morgan fingerprint density at radius 2 is 1.81 bits per heavy atom. The molecule has 3 N–H and O–H groups in total. The topological polar surface area (TPSA) is 101 Å². The minimum Gasteiger partial charge on any atom is -0.491 e. The second-order valence-corrected chi connectivity index (χ2v) is 8.86. The smallest absolute Gasteiger partial charge is 0.213 e. The van der Waals surface area contributed by atoms with Crippen molar-refractivity contribution >= 4 is 16.0 Å². The standard InChI is InChI=1S/C22H32N4O4S/c1-18-9-10-20(21(15-18)30-13-12-29-3)17-25-22(23-2)24-11-14-31(27,28)26-16-19-7-5-4-6-8-19/h4-10,15,26H,11-14,16-17H2,1-3H3,(H2,23,24,25). The zero-order valence-corrected chi connectivity index (χ0v) is 19.2. The number of guanidine groups is 1. The van der Waals surface area contributed by atoms with E-state index in [0.717, 1.165) is 22.4 Å². The minimum absolute atomic E-state index is 0.0591. The first-order chi connectivity index (χ1) is 14.9. The molecule has 0 atom stereocenters. The van der Waals surface area contributed by atoms with Crippen molar-refractivity contribution in [3.8, 4) is 5.75 Å². The maximum atomic E-state index is 12.2. The zero-order chi connectivity index (χ0) is 22.5. The van der Waals surface area contributed by atoms with Crippen molar-refractivity contribution in [2.45, 2.75) is 20.0 Å². The summed E-state index contributed by atoms with van der Waals surface area (Å²) in [4.78, 5) is 4.16. The van der Waals surface area contributed by atoms with E-state index in [2.05, 4.69) is 20.3 Å². The lowest BCUT2D eigenvalue weighted by Crippen LogP contribution is -2.40. The van der Waals surface area contributed by atoms with Gasteiger partial charge in [-0.1, -0.05) is 42.5 Å². The fourth-order valence-corrected chi connectivity index (χ4v) is 3.64. The summed E-state index contributed by atoms with van der Waals surface area (Å²) in [6, 6.07) is 15.4. The molecule has 0 aromatic heterocycles. The van der Waals surface area contributed by atoms with Crippen molar-refractivity contribution in [3.63, 3.8) is 0 Å². The van der Waals surface area contributed by atoms with E-state index in [9.17, 15) is 8.42 Å². The van der Waals surface area contributed by atoms with Crippen molar-refractivity contribution in [2.75, 3.05) is 39.7 Å². The normalized spacial score (nSPS) is 11.9. The Labute approximate surface area is 185 Å². The van der Waals surface area contributed by atoms with Gasteiger partial charge in [0.15, 0.2) is 5.96 Å². The van der Waals surface area contributed by atoms with Crippen LogP contribution in [-0.2, 0) is 27.8 Å². The van der Waals surface area contributed by atoms with Crippen molar-refractivity contribution in [1.82, 2.24) is 15.4 Å². The second kappa shape index (κ2) is 12.9. The monoisotopic (exact) mass is 448 g/mol. The van der Waals surface area contributed by atoms with Gasteiger partial charge in [-0.25, -0.2) is 13.1 Å². The van der Waals surface area contributed by atoms with Crippen molar-refractivity contribution < 1.29 is 17.9 Å². The number of hydrogen-bond donors (Lipinski definition) is 3. The van der Waals surface area contributed by atoms with Crippen LogP contribution in [0.15, 0.2) is 53.5 Å². The molecule has 0 spiro atoms. The molecule has 2 aromatic rings. The molecule has 0 unspecified atom stereocenters. The number of aliphatic imine (C=N–C) groups is 1. The molecule has 0 saturated heterocycles. The van der Waals surface area contributed by atoms with Crippen LogP contribution in [0.2, 0.25) is 0 Å². The van der Waals surface area contributed by atoms with Gasteiger partial charge in [-0.05, 0) is 24.1 Å². The van der Waals surface area contributed by atoms with Crippen LogP contribution in [0.5, 0.6) is 5.75 Å². The number of rotatable bonds is 12. The van der Waals surface area contributed by atoms with Crippen LogP contribution in [0.1, 0.15) is 16.7 Å². The lowest BCUT2D eigenvalue weighted by Gasteiger charge is -2.15. The molecule has 0 heterocycles. The van der Waals surface area contributed by atoms with Gasteiger partial charge in [-0.3, -0.25) is 4.99 Å². The first-order valence-corrected chi connectivity index (χ1v) is 11.8. The molecule has 0 fully saturated rings. The summed E-state index contributed by atoms with van der Waals surface area (Å²) in [5.41, 5.74) is 2.99. The molecule has 0 amide bonds. The summed E-state index contributed by atoms with van der Waals surface area (Å²) in [6.45, 7) is 3.98. The molecule has 0 bridgehead atoms. The van der Waals surface area contributed by atoms with E-state index in [1.54, 1.807) is 14.2 Å². The number of benzene rings is 2. The number of nitrogens with zero attached hydrogens (tertiary/aromatic N) is 1. The average molecular weight is 449 g/mol. The Hall–Kier alpha value is -2.62. The van der Waals surface area contributed by atoms with E-state index in [0.29, 0.717) is 25.7 Å². The van der Waals surface area contributed by atoms with Crippen LogP contribution in [0.3, 0.4) is 0 Å². The Morgan fingerprint density at radius 3 is 2.52 bits per heavy atom. The largest absolute Gasteiger partial charge is 0.491 e. The van der Waals surface area contributed by atoms with E-state index < -0.39 is 10.0 Å². The first-order valence-electron chi connectivity index (χ1n) is 10.1. The molecular weight excluding hydrogens is 416 g/mol. The highest BCUT2D eigenvalue weighted by Gasteiger charge is 2.11. The predicted octanol–water partition coefficient (Wildman–Crippen LogP) is 1.80. The third kappa shape index (κ3) is 9.37. The van der Waals surface area contributed by atoms with Crippen LogP contribution in [-0.4, -0.2) is 54.0 Å². The summed E-state index contributed by atoms with van der Waals surface area (Å²) in [7, 11) is -0.127. The van der Waals surface area contributed by atoms with Crippen LogP contribution in [0.4, 0.5) is 0 Å². The fraction of sp³-hybridized carbons (Fsp3) is 0.409. The summed E-state index contributed by atoms with van der Waals surface area (Å²) in [5.74, 6) is 1.24. The van der Waals surface area contributed by atoms with Gasteiger partial charge in [0.25, 0.3) is 0 Å². The molecule has 0 radical (unpaired) electrons. The number of aryl methyl sites for hydroxylation is 1. The third-order valence-corrected chi connectivity index (χ3v) is 5.77. The molecule has 8 nitrogen and oxygen atoms in total. The lowest BCUT2D eigenvalue weighted by molar-refractivity contribution is 0.145. The number of ether oxygens (including phenoxy) is 2. The molecule has 0 aliphatic rings. The number of nitrogens with one attached hydrogen (secondary N) is 3. The summed E-state index contributed by atoms with van der Waals surface area (Å²) >= 11 is 0. The predicted molar refractivity (Wildman–Crippen MR) is 124 cm³/mol. The summed E-state index contributed by atoms with van der Waals surface area (Å²) in [5, 5.41) is 6.23. The van der Waals surface area contributed by atoms with Gasteiger partial charge >= 0.3 is 0 Å². The average Bonchev–Trinajstić information content (AvgIpc) is 2.76. The third-order valence-electron chi connectivity index (χ3n) is 4.44. The van der Waals surface area contributed by atoms with E-state index in [1.165, 1.54) is 0 Å². The van der Waals surface area contributed by atoms with E-state index in [4.69, 9.17) is 9.47 Å². The van der Waals surface area contributed by atoms with Gasteiger partial charge < -0.3 is 20.1 Å². The fourth-order valence-electron chi connectivity index (χ4n) is 2.74. The van der Waals surface area contributed by atoms with Crippen molar-refractivity contribution in [2.24, 2.45) is 4.99 Å². The van der Waals surface area contributed by atoms with Crippen molar-refractivity contribution in [3.05, 3.63) is 65.2 Å². The van der Waals surface area contributed by atoms with Crippen LogP contribution in [0.25, 0.3) is 0 Å². The molecule has 0 aliphatic carbocycles. The van der Waals surface area contributed by atoms with Gasteiger partial charge in [0, 0.05) is 39.4 Å². The van der Waals surface area contributed by atoms with Crippen LogP contribution in [0, 0.1) is 6.92 Å². The lowest BCUT2D eigenvalue weighted by atomic mass is 10.1. The Balaban J connectivity index is 1.81. The van der Waals surface area contributed by atoms with E-state index in [1.807, 2.05) is 55.5 Å². The SMILES string of the molecule is CN=C(NCCS(=O)(=O)NCc1ccccc1)NCc1ccc(C)cc1OCCOC. The van der Waals surface area contributed by atoms with Gasteiger partial charge in [0.05, 0.1) is 12.4 Å². The number of methoxy groups -OCH3 is 1. The Bertz CT molecular complexity index is 934. The molecule has 2 rings (SSSR count). The van der Waals surface area contributed by atoms with Gasteiger partial charge in [0.2, 0.25) is 10.0 Å². The Kier molecular flexibility index (Phi) is 10.3. The highest BCUT2D eigenvalue weighted by Crippen LogP contribution is 2.20. The molecule has 0 aliphatic heterocycles. The van der Waals surface area contributed by atoms with Gasteiger partial charge in [0.1, 0.15) is 12.4 Å². The van der Waals surface area contributed by atoms with E-state index >= 15 is 0 Å². The van der Waals surface area contributed by atoms with Gasteiger partial charge in [-0.15, -0.1) is 0 Å². The molecule has 0 saturated carbocycles. The van der Waals surface area contributed by atoms with Crippen LogP contribution < -0.4 is 20.1 Å². The maximum absolute atomic E-state index is 12.2. The van der Waals surface area contributed by atoms with Crippen molar-refractivity contribution in [1.29, 1.82) is 0 Å². The summed E-state index contributed by atoms with van der Waals surface area (Å²) < 4.78 is 37.9. The molecular formula is C22H32N4O4S. The molecule has 2 aromatic carbocycles. The van der Waals surface area contributed by atoms with Gasteiger partial charge in [-0.2, -0.15) is 0 Å².